The van der Waals surface area contributed by atoms with Gasteiger partial charge in [0.1, 0.15) is 0 Å². The highest BCUT2D eigenvalue weighted by molar-refractivity contribution is 6.64. The van der Waals surface area contributed by atoms with Crippen LogP contribution >= 0.6 is 11.6 Å². The molecule has 0 aliphatic rings. The number of halogens is 1. The molecule has 0 N–H and O–H groups in total. The van der Waals surface area contributed by atoms with E-state index in [9.17, 15) is 4.79 Å². The summed E-state index contributed by atoms with van der Waals surface area (Å²) in [5.74, 6) is -0.272. The molecule has 1 nitrogen and oxygen atoms in total. The zero-order valence-electron chi connectivity index (χ0n) is 3.57. The normalized spacial score (nSPS) is 13.7. The Kier molecular flexibility index (Phi) is 2.03. The Morgan fingerprint density at radius 2 is 2.17 bits per heavy atom. The summed E-state index contributed by atoms with van der Waals surface area (Å²) in [6.45, 7) is 5.00. The third-order valence-corrected chi connectivity index (χ3v) is 0.760. The molecule has 0 bridgehead atoms. The third kappa shape index (κ3) is 2.09. The molecule has 34 valence electrons. The monoisotopic (exact) mass is 105 g/mol. The Bertz CT molecular complexity index is 58.6. The van der Waals surface area contributed by atoms with Crippen LogP contribution in [0.1, 0.15) is 6.92 Å². The van der Waals surface area contributed by atoms with Crippen LogP contribution in [0.15, 0.2) is 0 Å². The summed E-state index contributed by atoms with van der Waals surface area (Å²) in [6, 6.07) is 0. The standard InChI is InChI=1S/C4H6ClO/c1-3(2)4(5)6/h3H,1H2,2H3/q+1. The van der Waals surface area contributed by atoms with Crippen LogP contribution in [0.4, 0.5) is 0 Å². The molecule has 0 aromatic carbocycles. The van der Waals surface area contributed by atoms with E-state index in [0.29, 0.717) is 0 Å². The highest BCUT2D eigenvalue weighted by Gasteiger charge is 2.06. The van der Waals surface area contributed by atoms with Crippen molar-refractivity contribution >= 4 is 16.8 Å². The smallest absolute Gasteiger partial charge is 0.268 e. The van der Waals surface area contributed by atoms with Crippen molar-refractivity contribution in [3.63, 3.8) is 0 Å². The molecule has 0 aromatic rings. The molecule has 0 radical (unpaired) electrons. The minimum atomic E-state index is -0.380. The summed E-state index contributed by atoms with van der Waals surface area (Å²) in [6.07, 6.45) is 0. The van der Waals surface area contributed by atoms with E-state index in [4.69, 9.17) is 11.6 Å². The van der Waals surface area contributed by atoms with Crippen molar-refractivity contribution in [2.45, 2.75) is 6.92 Å². The van der Waals surface area contributed by atoms with Gasteiger partial charge in [-0.1, -0.05) is 0 Å². The fraction of sp³-hybridized carbons (Fsp3) is 0.500. The maximum absolute atomic E-state index is 9.85. The average Bonchev–Trinajstić information content (AvgIpc) is 1.36. The Morgan fingerprint density at radius 3 is 2.17 bits per heavy atom. The molecule has 2 heteroatoms. The zero-order valence-corrected chi connectivity index (χ0v) is 4.33. The van der Waals surface area contributed by atoms with E-state index in [1.165, 1.54) is 0 Å². The molecular formula is C4H6ClO+. The first-order valence-corrected chi connectivity index (χ1v) is 2.05. The van der Waals surface area contributed by atoms with Gasteiger partial charge in [-0.3, -0.25) is 4.79 Å². The van der Waals surface area contributed by atoms with Crippen LogP contribution in [0.5, 0.6) is 0 Å². The zero-order chi connectivity index (χ0) is 5.15. The minimum absolute atomic E-state index is 0.272. The molecule has 0 heterocycles. The van der Waals surface area contributed by atoms with Gasteiger partial charge in [-0.25, -0.2) is 0 Å². The molecule has 1 atom stereocenters. The molecule has 0 rings (SSSR count). The van der Waals surface area contributed by atoms with Gasteiger partial charge in [-0.15, -0.1) is 0 Å². The first-order valence-electron chi connectivity index (χ1n) is 1.67. The SMILES string of the molecule is [CH2+]C(C)C(=O)Cl. The fourth-order valence-electron chi connectivity index (χ4n) is 0. The van der Waals surface area contributed by atoms with Crippen molar-refractivity contribution in [2.75, 3.05) is 0 Å². The predicted molar refractivity (Wildman–Crippen MR) is 25.4 cm³/mol. The van der Waals surface area contributed by atoms with Crippen LogP contribution in [0, 0.1) is 12.8 Å². The topological polar surface area (TPSA) is 17.1 Å². The second-order valence-electron chi connectivity index (χ2n) is 1.21. The summed E-state index contributed by atoms with van der Waals surface area (Å²) < 4.78 is 0. The molecule has 1 unspecified atom stereocenters. The van der Waals surface area contributed by atoms with Crippen molar-refractivity contribution in [3.8, 4) is 0 Å². The molecule has 0 saturated carbocycles. The molecule has 0 aliphatic heterocycles. The van der Waals surface area contributed by atoms with Crippen molar-refractivity contribution < 1.29 is 4.79 Å². The van der Waals surface area contributed by atoms with E-state index in [0.717, 1.165) is 0 Å². The lowest BCUT2D eigenvalue weighted by atomic mass is 10.3. The Morgan fingerprint density at radius 1 is 2.00 bits per heavy atom. The van der Waals surface area contributed by atoms with E-state index in [1.807, 2.05) is 0 Å². The lowest BCUT2D eigenvalue weighted by Gasteiger charge is -1.79. The Labute approximate surface area is 42.3 Å². The minimum Gasteiger partial charge on any atom is -0.276 e. The van der Waals surface area contributed by atoms with Gasteiger partial charge in [0.15, 0.2) is 5.92 Å². The van der Waals surface area contributed by atoms with E-state index < -0.39 is 0 Å². The van der Waals surface area contributed by atoms with Crippen molar-refractivity contribution in [3.05, 3.63) is 6.92 Å². The number of hydrogen-bond donors (Lipinski definition) is 0. The number of hydrogen-bond acceptors (Lipinski definition) is 1. The van der Waals surface area contributed by atoms with Crippen molar-refractivity contribution in [1.29, 1.82) is 0 Å². The van der Waals surface area contributed by atoms with Crippen LogP contribution in [-0.4, -0.2) is 5.24 Å². The van der Waals surface area contributed by atoms with Crippen molar-refractivity contribution in [2.24, 2.45) is 5.92 Å². The number of rotatable bonds is 1. The van der Waals surface area contributed by atoms with E-state index in [1.54, 1.807) is 6.92 Å². The highest BCUT2D eigenvalue weighted by atomic mass is 35.5. The van der Waals surface area contributed by atoms with Gasteiger partial charge < -0.3 is 0 Å². The molecule has 0 saturated heterocycles. The van der Waals surface area contributed by atoms with Crippen molar-refractivity contribution in [1.82, 2.24) is 0 Å². The van der Waals surface area contributed by atoms with Crippen LogP contribution in [0.25, 0.3) is 0 Å². The lowest BCUT2D eigenvalue weighted by molar-refractivity contribution is -0.113. The molecule has 0 fully saturated rings. The van der Waals surface area contributed by atoms with Crippen LogP contribution in [0.3, 0.4) is 0 Å². The fourth-order valence-corrected chi connectivity index (χ4v) is 0. The van der Waals surface area contributed by atoms with Crippen LogP contribution in [-0.2, 0) is 4.79 Å². The van der Waals surface area contributed by atoms with Gasteiger partial charge in [0, 0.05) is 0 Å². The van der Waals surface area contributed by atoms with Gasteiger partial charge in [-0.2, -0.15) is 0 Å². The number of carbonyl (C=O) groups is 1. The second-order valence-corrected chi connectivity index (χ2v) is 1.58. The van der Waals surface area contributed by atoms with Crippen LogP contribution in [0.2, 0.25) is 0 Å². The summed E-state index contributed by atoms with van der Waals surface area (Å²) in [5.41, 5.74) is 0. The molecule has 0 amide bonds. The first kappa shape index (κ1) is 5.83. The van der Waals surface area contributed by atoms with E-state index in [2.05, 4.69) is 6.92 Å². The molecule has 0 aromatic heterocycles. The Hall–Kier alpha value is -0.170. The second kappa shape index (κ2) is 2.08. The Balaban J connectivity index is 3.26. The summed E-state index contributed by atoms with van der Waals surface area (Å²) in [5, 5.41) is -0.380. The quantitative estimate of drug-likeness (QED) is 0.362. The van der Waals surface area contributed by atoms with Crippen LogP contribution < -0.4 is 0 Å². The van der Waals surface area contributed by atoms with E-state index in [-0.39, 0.29) is 11.2 Å². The largest absolute Gasteiger partial charge is 0.276 e. The summed E-state index contributed by atoms with van der Waals surface area (Å²) in [4.78, 5) is 9.85. The molecule has 0 aliphatic carbocycles. The van der Waals surface area contributed by atoms with E-state index >= 15 is 0 Å². The maximum Gasteiger partial charge on any atom is 0.268 e. The summed E-state index contributed by atoms with van der Waals surface area (Å²) >= 11 is 4.91. The lowest BCUT2D eigenvalue weighted by Crippen LogP contribution is -1.95. The highest BCUT2D eigenvalue weighted by Crippen LogP contribution is 1.94. The van der Waals surface area contributed by atoms with Gasteiger partial charge >= 0.3 is 0 Å². The predicted octanol–water partition coefficient (Wildman–Crippen LogP) is 1.22. The maximum atomic E-state index is 9.85. The molecule has 0 spiro atoms. The third-order valence-electron chi connectivity index (χ3n) is 0.387. The number of carbonyl (C=O) groups excluding carboxylic acids is 1. The summed E-state index contributed by atoms with van der Waals surface area (Å²) in [7, 11) is 0. The van der Waals surface area contributed by atoms with Gasteiger partial charge in [0.2, 0.25) is 0 Å². The first-order chi connectivity index (χ1) is 2.64. The van der Waals surface area contributed by atoms with Gasteiger partial charge in [0.25, 0.3) is 5.24 Å². The molecule has 6 heavy (non-hydrogen) atoms. The van der Waals surface area contributed by atoms with Gasteiger partial charge in [-0.05, 0) is 18.5 Å². The average molecular weight is 106 g/mol. The van der Waals surface area contributed by atoms with Gasteiger partial charge in [0.05, 0.1) is 6.92 Å². The molecular weight excluding hydrogens is 99.5 g/mol.